The third-order valence-electron chi connectivity index (χ3n) is 6.95. The van der Waals surface area contributed by atoms with Gasteiger partial charge < -0.3 is 39.1 Å². The SMILES string of the molecule is CCS(=O)(=O)Nc1ccc(-c2nn(C(C)(C)C)c(Nc3ccnc(OCCOCCOCCOCCOCCNC(=O)OC(C)(C)C)c3)c2C#N)cc1. The molecule has 1 aromatic carbocycles. The van der Waals surface area contributed by atoms with E-state index in [1.165, 1.54) is 0 Å². The molecule has 0 saturated heterocycles. The van der Waals surface area contributed by atoms with Crippen LogP contribution in [0.5, 0.6) is 5.88 Å². The number of alkyl carbamates (subject to hydrolysis) is 1. The Morgan fingerprint density at radius 2 is 1.43 bits per heavy atom. The summed E-state index contributed by atoms with van der Waals surface area (Å²) < 4.78 is 61.2. The van der Waals surface area contributed by atoms with Crippen LogP contribution in [0.25, 0.3) is 11.3 Å². The Labute approximate surface area is 312 Å². The van der Waals surface area contributed by atoms with Crippen molar-refractivity contribution in [2.24, 2.45) is 0 Å². The largest absolute Gasteiger partial charge is 0.475 e. The van der Waals surface area contributed by atoms with Gasteiger partial charge in [-0.1, -0.05) is 12.1 Å². The predicted molar refractivity (Wildman–Crippen MR) is 201 cm³/mol. The smallest absolute Gasteiger partial charge is 0.407 e. The Balaban J connectivity index is 1.38. The number of amides is 1. The van der Waals surface area contributed by atoms with Crippen LogP contribution in [0.2, 0.25) is 0 Å². The minimum Gasteiger partial charge on any atom is -0.475 e. The number of benzene rings is 1. The molecule has 3 aromatic rings. The van der Waals surface area contributed by atoms with E-state index in [0.29, 0.717) is 99.3 Å². The molecule has 16 nitrogen and oxygen atoms in total. The third kappa shape index (κ3) is 15.6. The first-order valence-electron chi connectivity index (χ1n) is 17.4. The number of anilines is 3. The highest BCUT2D eigenvalue weighted by molar-refractivity contribution is 7.92. The first kappa shape index (κ1) is 42.9. The molecule has 0 bridgehead atoms. The third-order valence-corrected chi connectivity index (χ3v) is 8.26. The lowest BCUT2D eigenvalue weighted by atomic mass is 10.1. The van der Waals surface area contributed by atoms with Crippen molar-refractivity contribution in [3.05, 3.63) is 48.2 Å². The molecule has 0 aliphatic carbocycles. The molecule has 0 atom stereocenters. The molecular formula is C36H53N7O9S. The van der Waals surface area contributed by atoms with E-state index in [4.69, 9.17) is 33.5 Å². The maximum atomic E-state index is 12.0. The molecule has 0 aliphatic rings. The van der Waals surface area contributed by atoms with Gasteiger partial charge in [0.05, 0.1) is 64.1 Å². The minimum absolute atomic E-state index is 0.0404. The summed E-state index contributed by atoms with van der Waals surface area (Å²) in [6.45, 7) is 16.7. The average molecular weight is 760 g/mol. The summed E-state index contributed by atoms with van der Waals surface area (Å²) in [4.78, 5) is 15.8. The molecule has 292 valence electrons. The second-order valence-corrected chi connectivity index (χ2v) is 15.6. The summed E-state index contributed by atoms with van der Waals surface area (Å²) >= 11 is 0. The molecule has 1 amide bonds. The van der Waals surface area contributed by atoms with Crippen molar-refractivity contribution in [1.29, 1.82) is 5.26 Å². The maximum absolute atomic E-state index is 12.0. The summed E-state index contributed by atoms with van der Waals surface area (Å²) in [5.74, 6) is 0.831. The van der Waals surface area contributed by atoms with Crippen LogP contribution in [0, 0.1) is 11.3 Å². The number of sulfonamides is 1. The number of nitrogens with zero attached hydrogens (tertiary/aromatic N) is 4. The topological polar surface area (TPSA) is 197 Å². The maximum Gasteiger partial charge on any atom is 0.407 e. The number of rotatable bonds is 22. The fourth-order valence-corrected chi connectivity index (χ4v) is 5.12. The number of pyridine rings is 1. The van der Waals surface area contributed by atoms with E-state index in [0.717, 1.165) is 0 Å². The van der Waals surface area contributed by atoms with Crippen LogP contribution in [0.1, 0.15) is 54.0 Å². The van der Waals surface area contributed by atoms with Crippen molar-refractivity contribution >= 4 is 33.3 Å². The first-order chi connectivity index (χ1) is 25.1. The fourth-order valence-electron chi connectivity index (χ4n) is 4.48. The van der Waals surface area contributed by atoms with Gasteiger partial charge in [0.25, 0.3) is 0 Å². The second kappa shape index (κ2) is 20.7. The molecule has 0 saturated carbocycles. The first-order valence-corrected chi connectivity index (χ1v) is 19.1. The minimum atomic E-state index is -3.42. The Morgan fingerprint density at radius 3 is 1.98 bits per heavy atom. The summed E-state index contributed by atoms with van der Waals surface area (Å²) in [6, 6.07) is 12.5. The van der Waals surface area contributed by atoms with E-state index in [9.17, 15) is 18.5 Å². The molecule has 0 unspecified atom stereocenters. The van der Waals surface area contributed by atoms with Gasteiger partial charge in [0.1, 0.15) is 35.4 Å². The molecule has 17 heteroatoms. The summed E-state index contributed by atoms with van der Waals surface area (Å²) in [7, 11) is -3.42. The van der Waals surface area contributed by atoms with Gasteiger partial charge in [-0.3, -0.25) is 4.72 Å². The van der Waals surface area contributed by atoms with Gasteiger partial charge in [-0.2, -0.15) is 10.4 Å². The zero-order valence-corrected chi connectivity index (χ0v) is 32.5. The van der Waals surface area contributed by atoms with E-state index in [2.05, 4.69) is 26.4 Å². The Kier molecular flexibility index (Phi) is 16.8. The number of aromatic nitrogens is 3. The van der Waals surface area contributed by atoms with Crippen molar-refractivity contribution in [3.8, 4) is 23.2 Å². The number of nitrogens with one attached hydrogen (secondary N) is 3. The Bertz CT molecular complexity index is 1730. The predicted octanol–water partition coefficient (Wildman–Crippen LogP) is 5.05. The zero-order chi connectivity index (χ0) is 38.9. The van der Waals surface area contributed by atoms with Gasteiger partial charge in [-0.15, -0.1) is 0 Å². The lowest BCUT2D eigenvalue weighted by molar-refractivity contribution is -0.00468. The fraction of sp³-hybridized carbons (Fsp3) is 0.556. The highest BCUT2D eigenvalue weighted by atomic mass is 32.2. The van der Waals surface area contributed by atoms with E-state index in [1.807, 2.05) is 20.8 Å². The lowest BCUT2D eigenvalue weighted by Gasteiger charge is -2.23. The molecule has 0 aliphatic heterocycles. The van der Waals surface area contributed by atoms with Crippen LogP contribution < -0.4 is 20.1 Å². The van der Waals surface area contributed by atoms with Crippen molar-refractivity contribution in [1.82, 2.24) is 20.1 Å². The monoisotopic (exact) mass is 759 g/mol. The molecule has 0 spiro atoms. The van der Waals surface area contributed by atoms with Crippen molar-refractivity contribution < 1.29 is 41.6 Å². The number of ether oxygens (including phenoxy) is 6. The number of carbonyl (C=O) groups is 1. The summed E-state index contributed by atoms with van der Waals surface area (Å²) in [6.07, 6.45) is 1.13. The number of hydrogen-bond acceptors (Lipinski definition) is 13. The van der Waals surface area contributed by atoms with Crippen LogP contribution in [-0.4, -0.2) is 107 Å². The number of carbonyl (C=O) groups excluding carboxylic acids is 1. The Morgan fingerprint density at radius 1 is 0.849 bits per heavy atom. The van der Waals surface area contributed by atoms with Gasteiger partial charge in [0.15, 0.2) is 0 Å². The molecule has 0 fully saturated rings. The molecular weight excluding hydrogens is 707 g/mol. The molecule has 53 heavy (non-hydrogen) atoms. The highest BCUT2D eigenvalue weighted by Gasteiger charge is 2.26. The molecule has 3 N–H and O–H groups in total. The standard InChI is InChI=1S/C36H53N7O9S/c1-8-53(45,46)42-28-11-9-27(10-12-28)32-30(26-37)33(43(41-32)35(2,3)4)40-29-13-14-38-31(25-29)51-24-23-50-22-21-49-20-19-48-18-17-47-16-15-39-34(44)52-36(5,6)7/h9-14,25,42H,8,15-24H2,1-7H3,(H,38,40)(H,39,44). The average Bonchev–Trinajstić information content (AvgIpc) is 3.46. The second-order valence-electron chi connectivity index (χ2n) is 13.6. The van der Waals surface area contributed by atoms with E-state index >= 15 is 0 Å². The quantitative estimate of drug-likeness (QED) is 0.115. The van der Waals surface area contributed by atoms with E-state index < -0.39 is 27.3 Å². The zero-order valence-electron chi connectivity index (χ0n) is 31.7. The van der Waals surface area contributed by atoms with E-state index in [1.54, 1.807) is 75.0 Å². The lowest BCUT2D eigenvalue weighted by Crippen LogP contribution is -2.34. The van der Waals surface area contributed by atoms with Gasteiger partial charge in [-0.25, -0.2) is 22.9 Å². The van der Waals surface area contributed by atoms with Crippen molar-refractivity contribution in [2.75, 3.05) is 81.8 Å². The normalized spacial score (nSPS) is 11.9. The van der Waals surface area contributed by atoms with Crippen LogP contribution in [0.3, 0.4) is 0 Å². The molecule has 3 rings (SSSR count). The number of hydrogen-bond donors (Lipinski definition) is 3. The Hall–Kier alpha value is -4.47. The van der Waals surface area contributed by atoms with Crippen LogP contribution in [0.15, 0.2) is 42.6 Å². The number of nitriles is 1. The van der Waals surface area contributed by atoms with Crippen LogP contribution in [-0.2, 0) is 39.2 Å². The van der Waals surface area contributed by atoms with Gasteiger partial charge in [0, 0.05) is 35.7 Å². The summed E-state index contributed by atoms with van der Waals surface area (Å²) in [5.41, 5.74) is 1.51. The van der Waals surface area contributed by atoms with Gasteiger partial charge in [-0.05, 0) is 66.7 Å². The van der Waals surface area contributed by atoms with Crippen LogP contribution >= 0.6 is 0 Å². The van der Waals surface area contributed by atoms with Crippen molar-refractivity contribution in [2.45, 2.75) is 59.6 Å². The highest BCUT2D eigenvalue weighted by Crippen LogP contribution is 2.35. The van der Waals surface area contributed by atoms with Gasteiger partial charge >= 0.3 is 6.09 Å². The van der Waals surface area contributed by atoms with Crippen molar-refractivity contribution in [3.63, 3.8) is 0 Å². The van der Waals surface area contributed by atoms with Crippen LogP contribution in [0.4, 0.5) is 22.0 Å². The summed E-state index contributed by atoms with van der Waals surface area (Å²) in [5, 5.41) is 21.0. The molecule has 0 radical (unpaired) electrons. The van der Waals surface area contributed by atoms with Gasteiger partial charge in [0.2, 0.25) is 15.9 Å². The van der Waals surface area contributed by atoms with E-state index in [-0.39, 0.29) is 12.4 Å². The molecule has 2 aromatic heterocycles. The molecule has 2 heterocycles.